The fourth-order valence-corrected chi connectivity index (χ4v) is 5.41. The van der Waals surface area contributed by atoms with Crippen LogP contribution in [0.15, 0.2) is 142 Å². The molecule has 1 aliphatic carbocycles. The Kier molecular flexibility index (Phi) is 6.13. The molecule has 0 saturated heterocycles. The molecule has 2 aliphatic rings. The first-order valence-electron chi connectivity index (χ1n) is 13.6. The van der Waals surface area contributed by atoms with Crippen molar-refractivity contribution in [1.29, 1.82) is 0 Å². The number of nitrogens with one attached hydrogen (secondary N) is 2. The molecular formula is C34H28N6. The van der Waals surface area contributed by atoms with Crippen LogP contribution in [0.2, 0.25) is 0 Å². The van der Waals surface area contributed by atoms with Gasteiger partial charge in [-0.1, -0.05) is 98.0 Å². The summed E-state index contributed by atoms with van der Waals surface area (Å²) in [6, 6.07) is 32.9. The van der Waals surface area contributed by atoms with Gasteiger partial charge >= 0.3 is 0 Å². The van der Waals surface area contributed by atoms with E-state index in [1.807, 2.05) is 42.5 Å². The number of allylic oxidation sites excluding steroid dienone is 2. The fourth-order valence-electron chi connectivity index (χ4n) is 5.41. The molecule has 0 bridgehead atoms. The second kappa shape index (κ2) is 10.2. The van der Waals surface area contributed by atoms with Crippen LogP contribution >= 0.6 is 0 Å². The predicted octanol–water partition coefficient (Wildman–Crippen LogP) is 10.2. The molecule has 0 spiro atoms. The molecule has 194 valence electrons. The Morgan fingerprint density at radius 1 is 0.550 bits per heavy atom. The molecule has 1 heterocycles. The van der Waals surface area contributed by atoms with E-state index in [1.54, 1.807) is 0 Å². The zero-order valence-electron chi connectivity index (χ0n) is 22.1. The third-order valence-corrected chi connectivity index (χ3v) is 7.57. The van der Waals surface area contributed by atoms with Crippen LogP contribution in [-0.2, 0) is 0 Å². The maximum atomic E-state index is 4.73. The molecule has 0 saturated carbocycles. The molecule has 5 aromatic carbocycles. The molecule has 3 atom stereocenters. The Morgan fingerprint density at radius 3 is 1.90 bits per heavy atom. The van der Waals surface area contributed by atoms with E-state index in [0.29, 0.717) is 5.92 Å². The quantitative estimate of drug-likeness (QED) is 0.226. The summed E-state index contributed by atoms with van der Waals surface area (Å²) in [6.07, 6.45) is 8.33. The molecule has 2 unspecified atom stereocenters. The van der Waals surface area contributed by atoms with E-state index in [9.17, 15) is 0 Å². The third kappa shape index (κ3) is 4.43. The maximum absolute atomic E-state index is 4.73. The summed E-state index contributed by atoms with van der Waals surface area (Å²) >= 11 is 0. The van der Waals surface area contributed by atoms with Gasteiger partial charge in [0, 0.05) is 38.8 Å². The first-order valence-corrected chi connectivity index (χ1v) is 13.6. The van der Waals surface area contributed by atoms with E-state index in [2.05, 4.69) is 107 Å². The van der Waals surface area contributed by atoms with Gasteiger partial charge in [-0.25, -0.2) is 0 Å². The Morgan fingerprint density at radius 2 is 1.15 bits per heavy atom. The average molecular weight is 521 g/mol. The van der Waals surface area contributed by atoms with E-state index in [4.69, 9.17) is 10.2 Å². The number of fused-ring (bicyclic) bond motifs is 1. The van der Waals surface area contributed by atoms with Crippen LogP contribution in [-0.4, -0.2) is 6.04 Å². The Balaban J connectivity index is 1.21. The van der Waals surface area contributed by atoms with E-state index in [-0.39, 0.29) is 12.2 Å². The number of hydrogen-bond acceptors (Lipinski definition) is 6. The van der Waals surface area contributed by atoms with Crippen molar-refractivity contribution < 1.29 is 0 Å². The van der Waals surface area contributed by atoms with Gasteiger partial charge < -0.3 is 10.6 Å². The van der Waals surface area contributed by atoms with Gasteiger partial charge in [-0.05, 0) is 35.9 Å². The lowest BCUT2D eigenvalue weighted by Gasteiger charge is -2.30. The highest BCUT2D eigenvalue weighted by molar-refractivity contribution is 6.09. The smallest absolute Gasteiger partial charge is 0.123 e. The minimum atomic E-state index is 0.00242. The molecule has 6 nitrogen and oxygen atoms in total. The number of rotatable bonds is 5. The molecule has 6 heteroatoms. The van der Waals surface area contributed by atoms with Crippen molar-refractivity contribution in [3.8, 4) is 0 Å². The minimum absolute atomic E-state index is 0.00242. The highest BCUT2D eigenvalue weighted by Crippen LogP contribution is 2.43. The Bertz CT molecular complexity index is 1820. The number of hydrogen-bond donors (Lipinski definition) is 2. The summed E-state index contributed by atoms with van der Waals surface area (Å²) in [6.45, 7) is 2.15. The maximum Gasteiger partial charge on any atom is 0.123 e. The van der Waals surface area contributed by atoms with Gasteiger partial charge in [0.05, 0.1) is 23.1 Å². The van der Waals surface area contributed by atoms with Crippen LogP contribution in [0.1, 0.15) is 18.7 Å². The first kappa shape index (κ1) is 24.0. The van der Waals surface area contributed by atoms with Gasteiger partial charge in [0.1, 0.15) is 6.17 Å². The highest BCUT2D eigenvalue weighted by atomic mass is 15.2. The third-order valence-electron chi connectivity index (χ3n) is 7.57. The van der Waals surface area contributed by atoms with Gasteiger partial charge in [0.2, 0.25) is 0 Å². The van der Waals surface area contributed by atoms with Crippen molar-refractivity contribution in [3.63, 3.8) is 0 Å². The largest absolute Gasteiger partial charge is 0.361 e. The van der Waals surface area contributed by atoms with Crippen LogP contribution in [0.25, 0.3) is 21.5 Å². The summed E-state index contributed by atoms with van der Waals surface area (Å²) in [5.41, 5.74) is 5.79. The molecule has 0 aromatic heterocycles. The van der Waals surface area contributed by atoms with Crippen molar-refractivity contribution in [2.24, 2.45) is 26.4 Å². The van der Waals surface area contributed by atoms with Gasteiger partial charge in [0.15, 0.2) is 0 Å². The van der Waals surface area contributed by atoms with Gasteiger partial charge in [0.25, 0.3) is 0 Å². The number of anilines is 2. The van der Waals surface area contributed by atoms with Crippen LogP contribution in [0, 0.1) is 5.92 Å². The molecular weight excluding hydrogens is 492 g/mol. The van der Waals surface area contributed by atoms with E-state index < -0.39 is 0 Å². The monoisotopic (exact) mass is 520 g/mol. The van der Waals surface area contributed by atoms with E-state index in [0.717, 1.165) is 50.0 Å². The standard InChI is InChI=1S/C34H28N6/c1-22-10-5-8-16-27(22)37-38-28-18-19-29(25-14-7-6-13-24(25)28)39-40-30-20-21-32-33-26(30)15-9-17-31(33)35-34(36-32)23-11-3-2-4-12-23/h2-22,27,34-36H,1H3/t22?,27?,34-/m1/s1. The second-order valence-electron chi connectivity index (χ2n) is 10.2. The molecule has 0 amide bonds. The summed E-state index contributed by atoms with van der Waals surface area (Å²) in [5.74, 6) is 0.324. The van der Waals surface area contributed by atoms with E-state index >= 15 is 0 Å². The Hall–Kier alpha value is -5.10. The SMILES string of the molecule is CC1C=CC=CC1N=Nc1ccc(N=Nc2ccc3c4c(cccc24)N[C@@H](c2ccccc2)N3)c2ccccc12. The second-order valence-corrected chi connectivity index (χ2v) is 10.2. The van der Waals surface area contributed by atoms with Crippen molar-refractivity contribution in [3.05, 3.63) is 127 Å². The van der Waals surface area contributed by atoms with Crippen molar-refractivity contribution >= 4 is 50.0 Å². The predicted molar refractivity (Wildman–Crippen MR) is 164 cm³/mol. The summed E-state index contributed by atoms with van der Waals surface area (Å²) in [7, 11) is 0. The molecule has 0 fully saturated rings. The fraction of sp³-hybridized carbons (Fsp3) is 0.118. The average Bonchev–Trinajstić information content (AvgIpc) is 3.01. The van der Waals surface area contributed by atoms with E-state index in [1.165, 1.54) is 5.56 Å². The van der Waals surface area contributed by atoms with Gasteiger partial charge in [-0.2, -0.15) is 10.2 Å². The zero-order chi connectivity index (χ0) is 26.9. The molecule has 40 heavy (non-hydrogen) atoms. The minimum Gasteiger partial charge on any atom is -0.361 e. The molecule has 1 aliphatic heterocycles. The van der Waals surface area contributed by atoms with Crippen molar-refractivity contribution in [2.45, 2.75) is 19.1 Å². The van der Waals surface area contributed by atoms with Gasteiger partial charge in [-0.15, -0.1) is 10.2 Å². The van der Waals surface area contributed by atoms with Gasteiger partial charge in [-0.3, -0.25) is 0 Å². The highest BCUT2D eigenvalue weighted by Gasteiger charge is 2.21. The lowest BCUT2D eigenvalue weighted by atomic mass is 9.98. The lowest BCUT2D eigenvalue weighted by molar-refractivity contribution is 0.604. The molecule has 2 N–H and O–H groups in total. The van der Waals surface area contributed by atoms with Crippen molar-refractivity contribution in [1.82, 2.24) is 0 Å². The van der Waals surface area contributed by atoms with Crippen LogP contribution < -0.4 is 10.6 Å². The summed E-state index contributed by atoms with van der Waals surface area (Å²) in [4.78, 5) is 0. The number of benzene rings is 5. The molecule has 7 rings (SSSR count). The van der Waals surface area contributed by atoms with Crippen LogP contribution in [0.5, 0.6) is 0 Å². The molecule has 5 aromatic rings. The normalized spacial score (nSPS) is 19.9. The Labute approximate surface area is 232 Å². The lowest BCUT2D eigenvalue weighted by Crippen LogP contribution is -2.23. The summed E-state index contributed by atoms with van der Waals surface area (Å²) in [5, 5.41) is 30.1. The van der Waals surface area contributed by atoms with Crippen LogP contribution in [0.3, 0.4) is 0 Å². The number of nitrogens with zero attached hydrogens (tertiary/aromatic N) is 4. The summed E-state index contributed by atoms with van der Waals surface area (Å²) < 4.78 is 0. The topological polar surface area (TPSA) is 73.5 Å². The first-order chi connectivity index (χ1) is 19.7. The van der Waals surface area contributed by atoms with Crippen LogP contribution in [0.4, 0.5) is 28.4 Å². The number of azo groups is 2. The molecule has 0 radical (unpaired) electrons. The zero-order valence-corrected chi connectivity index (χ0v) is 22.1. The van der Waals surface area contributed by atoms with Crippen molar-refractivity contribution in [2.75, 3.05) is 10.6 Å².